The predicted molar refractivity (Wildman–Crippen MR) is 89.4 cm³/mol. The molecule has 1 heterocycles. The number of hydrogen-bond donors (Lipinski definition) is 1. The molecule has 1 saturated heterocycles. The summed E-state index contributed by atoms with van der Waals surface area (Å²) in [6.45, 7) is 3.45. The Bertz CT molecular complexity index is 573. The third-order valence-electron chi connectivity index (χ3n) is 4.42. The summed E-state index contributed by atoms with van der Waals surface area (Å²) < 4.78 is 0. The van der Waals surface area contributed by atoms with Crippen molar-refractivity contribution in [2.75, 3.05) is 20.1 Å². The quantitative estimate of drug-likeness (QED) is 0.917. The molecule has 0 spiro atoms. The molecule has 22 heavy (non-hydrogen) atoms. The molecule has 2 aromatic rings. The van der Waals surface area contributed by atoms with Crippen LogP contribution < -0.4 is 0 Å². The van der Waals surface area contributed by atoms with Gasteiger partial charge in [0.15, 0.2) is 0 Å². The van der Waals surface area contributed by atoms with E-state index in [-0.39, 0.29) is 12.1 Å². The lowest BCUT2D eigenvalue weighted by Gasteiger charge is -2.26. The molecule has 0 saturated carbocycles. The maximum absolute atomic E-state index is 10.4. The molecule has 1 aliphatic rings. The van der Waals surface area contributed by atoms with Gasteiger partial charge in [-0.15, -0.1) is 0 Å². The van der Waals surface area contributed by atoms with E-state index in [1.54, 1.807) is 0 Å². The minimum absolute atomic E-state index is 0.198. The number of likely N-dealkylation sites (N-methyl/N-ethyl adjacent to an activating group) is 1. The van der Waals surface area contributed by atoms with Crippen LogP contribution in [0.5, 0.6) is 0 Å². The zero-order valence-electron chi connectivity index (χ0n) is 13.1. The Morgan fingerprint density at radius 1 is 0.955 bits per heavy atom. The minimum Gasteiger partial charge on any atom is -0.390 e. The Labute approximate surface area is 132 Å². The molecule has 1 N–H and O–H groups in total. The predicted octanol–water partition coefficient (Wildman–Crippen LogP) is 2.36. The second-order valence-electron chi connectivity index (χ2n) is 6.22. The molecular formula is C19H24N2O. The number of likely N-dealkylation sites (tertiary alicyclic amines) is 1. The third kappa shape index (κ3) is 3.74. The van der Waals surface area contributed by atoms with Crippen LogP contribution >= 0.6 is 0 Å². The monoisotopic (exact) mass is 296 g/mol. The maximum atomic E-state index is 10.4. The zero-order chi connectivity index (χ0) is 15.4. The van der Waals surface area contributed by atoms with Crippen molar-refractivity contribution in [3.8, 4) is 0 Å². The Morgan fingerprint density at radius 2 is 1.55 bits per heavy atom. The first-order chi connectivity index (χ1) is 10.7. The highest BCUT2D eigenvalue weighted by Gasteiger charge is 2.33. The van der Waals surface area contributed by atoms with Gasteiger partial charge in [-0.05, 0) is 18.2 Å². The molecule has 2 aromatic carbocycles. The van der Waals surface area contributed by atoms with E-state index in [9.17, 15) is 5.11 Å². The van der Waals surface area contributed by atoms with Crippen LogP contribution in [0.2, 0.25) is 0 Å². The first-order valence-electron chi connectivity index (χ1n) is 7.91. The highest BCUT2D eigenvalue weighted by molar-refractivity contribution is 5.16. The van der Waals surface area contributed by atoms with E-state index >= 15 is 0 Å². The van der Waals surface area contributed by atoms with Crippen molar-refractivity contribution < 1.29 is 5.11 Å². The summed E-state index contributed by atoms with van der Waals surface area (Å²) in [5.41, 5.74) is 2.60. The van der Waals surface area contributed by atoms with Crippen molar-refractivity contribution in [3.63, 3.8) is 0 Å². The number of aliphatic hydroxyl groups is 1. The second-order valence-corrected chi connectivity index (χ2v) is 6.22. The molecule has 1 aliphatic heterocycles. The van der Waals surface area contributed by atoms with E-state index in [1.165, 1.54) is 11.1 Å². The van der Waals surface area contributed by atoms with Gasteiger partial charge in [-0.25, -0.2) is 0 Å². The Hall–Kier alpha value is -1.68. The maximum Gasteiger partial charge on any atom is 0.0834 e. The summed E-state index contributed by atoms with van der Waals surface area (Å²) in [7, 11) is 2.10. The number of benzene rings is 2. The van der Waals surface area contributed by atoms with Crippen LogP contribution in [-0.4, -0.2) is 47.2 Å². The van der Waals surface area contributed by atoms with Gasteiger partial charge in [0.2, 0.25) is 0 Å². The molecule has 2 atom stereocenters. The second kappa shape index (κ2) is 7.05. The molecule has 3 nitrogen and oxygen atoms in total. The van der Waals surface area contributed by atoms with E-state index in [1.807, 2.05) is 12.1 Å². The largest absolute Gasteiger partial charge is 0.390 e. The molecule has 0 bridgehead atoms. The summed E-state index contributed by atoms with van der Waals surface area (Å²) in [5, 5.41) is 10.4. The van der Waals surface area contributed by atoms with Gasteiger partial charge in [0.1, 0.15) is 0 Å². The first-order valence-corrected chi connectivity index (χ1v) is 7.91. The van der Waals surface area contributed by atoms with Gasteiger partial charge in [0.25, 0.3) is 0 Å². The number of nitrogens with zero attached hydrogens (tertiary/aromatic N) is 2. The number of rotatable bonds is 5. The van der Waals surface area contributed by atoms with Crippen LogP contribution in [0.15, 0.2) is 60.7 Å². The van der Waals surface area contributed by atoms with Crippen molar-refractivity contribution in [1.82, 2.24) is 9.80 Å². The van der Waals surface area contributed by atoms with Gasteiger partial charge < -0.3 is 5.11 Å². The van der Waals surface area contributed by atoms with Crippen LogP contribution in [0.3, 0.4) is 0 Å². The molecule has 3 heteroatoms. The van der Waals surface area contributed by atoms with Crippen molar-refractivity contribution >= 4 is 0 Å². The summed E-state index contributed by atoms with van der Waals surface area (Å²) in [4.78, 5) is 4.61. The Balaban J connectivity index is 1.58. The lowest BCUT2D eigenvalue weighted by molar-refractivity contribution is 0.0949. The zero-order valence-corrected chi connectivity index (χ0v) is 13.1. The number of hydrogen-bond acceptors (Lipinski definition) is 3. The smallest absolute Gasteiger partial charge is 0.0834 e. The van der Waals surface area contributed by atoms with E-state index in [2.05, 4.69) is 65.4 Å². The van der Waals surface area contributed by atoms with Gasteiger partial charge in [-0.1, -0.05) is 60.7 Å². The van der Waals surface area contributed by atoms with Crippen LogP contribution in [-0.2, 0) is 13.1 Å². The first kappa shape index (κ1) is 15.2. The summed E-state index contributed by atoms with van der Waals surface area (Å²) in [6, 6.07) is 21.1. The van der Waals surface area contributed by atoms with Gasteiger partial charge in [0, 0.05) is 32.2 Å². The number of β-amino-alcohol motifs (C(OH)–C–C–N with tert-alkyl or cyclic N) is 1. The van der Waals surface area contributed by atoms with Crippen molar-refractivity contribution in [2.24, 2.45) is 0 Å². The number of aliphatic hydroxyl groups excluding tert-OH is 1. The SMILES string of the molecule is CN(Cc1ccccc1)C1CN(Cc2ccccc2)CC1O. The average Bonchev–Trinajstić information content (AvgIpc) is 2.90. The fourth-order valence-electron chi connectivity index (χ4n) is 3.24. The normalized spacial score (nSPS) is 22.3. The van der Waals surface area contributed by atoms with E-state index < -0.39 is 0 Å². The standard InChI is InChI=1S/C19H24N2O/c1-20(12-16-8-4-2-5-9-16)18-14-21(15-19(18)22)13-17-10-6-3-7-11-17/h2-11,18-19,22H,12-15H2,1H3. The van der Waals surface area contributed by atoms with Crippen molar-refractivity contribution in [1.29, 1.82) is 0 Å². The topological polar surface area (TPSA) is 26.7 Å². The average molecular weight is 296 g/mol. The van der Waals surface area contributed by atoms with Crippen LogP contribution in [0.25, 0.3) is 0 Å². The summed E-state index contributed by atoms with van der Waals surface area (Å²) in [6.07, 6.45) is -0.280. The van der Waals surface area contributed by atoms with Gasteiger partial charge >= 0.3 is 0 Å². The molecule has 0 aliphatic carbocycles. The summed E-state index contributed by atoms with van der Waals surface area (Å²) >= 11 is 0. The fourth-order valence-corrected chi connectivity index (χ4v) is 3.24. The molecular weight excluding hydrogens is 272 g/mol. The van der Waals surface area contributed by atoms with Crippen LogP contribution in [0.4, 0.5) is 0 Å². The highest BCUT2D eigenvalue weighted by atomic mass is 16.3. The lowest BCUT2D eigenvalue weighted by Crippen LogP contribution is -2.40. The van der Waals surface area contributed by atoms with E-state index in [4.69, 9.17) is 0 Å². The van der Waals surface area contributed by atoms with E-state index in [0.717, 1.165) is 26.2 Å². The third-order valence-corrected chi connectivity index (χ3v) is 4.42. The Morgan fingerprint density at radius 3 is 2.18 bits per heavy atom. The molecule has 1 fully saturated rings. The van der Waals surface area contributed by atoms with E-state index in [0.29, 0.717) is 0 Å². The molecule has 2 unspecified atom stereocenters. The molecule has 3 rings (SSSR count). The van der Waals surface area contributed by atoms with Gasteiger partial charge in [0.05, 0.1) is 6.10 Å². The fraction of sp³-hybridized carbons (Fsp3) is 0.368. The molecule has 116 valence electrons. The lowest BCUT2D eigenvalue weighted by atomic mass is 10.1. The molecule has 0 amide bonds. The molecule has 0 radical (unpaired) electrons. The van der Waals surface area contributed by atoms with Gasteiger partial charge in [-0.2, -0.15) is 0 Å². The van der Waals surface area contributed by atoms with Crippen LogP contribution in [0.1, 0.15) is 11.1 Å². The Kier molecular flexibility index (Phi) is 4.88. The van der Waals surface area contributed by atoms with Gasteiger partial charge in [-0.3, -0.25) is 9.80 Å². The van der Waals surface area contributed by atoms with Crippen molar-refractivity contribution in [3.05, 3.63) is 71.8 Å². The minimum atomic E-state index is -0.280. The van der Waals surface area contributed by atoms with Crippen molar-refractivity contribution in [2.45, 2.75) is 25.2 Å². The molecule has 0 aromatic heterocycles. The summed E-state index contributed by atoms with van der Waals surface area (Å²) in [5.74, 6) is 0. The van der Waals surface area contributed by atoms with Crippen LogP contribution in [0, 0.1) is 0 Å². The highest BCUT2D eigenvalue weighted by Crippen LogP contribution is 2.19.